The number of allylic oxidation sites excluding steroid dienone is 1. The zero-order chi connectivity index (χ0) is 26.7. The molecule has 1 heterocycles. The Kier molecular flexibility index (Phi) is 7.34. The quantitative estimate of drug-likeness (QED) is 0.215. The van der Waals surface area contributed by atoms with E-state index in [0.717, 1.165) is 33.2 Å². The normalized spacial score (nSPS) is 11.4. The van der Waals surface area contributed by atoms with Gasteiger partial charge in [0.05, 0.1) is 27.6 Å². The van der Waals surface area contributed by atoms with Gasteiger partial charge >= 0.3 is 0 Å². The number of ketones is 1. The number of methoxy groups -OCH3 is 3. The predicted octanol–water partition coefficient (Wildman–Crippen LogP) is 6.68. The van der Waals surface area contributed by atoms with Crippen LogP contribution in [0, 0.1) is 6.92 Å². The summed E-state index contributed by atoms with van der Waals surface area (Å²) in [6.45, 7) is 5.29. The number of benzene rings is 3. The summed E-state index contributed by atoms with van der Waals surface area (Å²) in [5.41, 5.74) is 6.00. The smallest absolute Gasteiger partial charge is 0.248 e. The number of hydrogen-bond donors (Lipinski definition) is 1. The number of nitrogens with one attached hydrogen (secondary N) is 1. The van der Waals surface area contributed by atoms with Crippen LogP contribution in [-0.4, -0.2) is 33.0 Å². The summed E-state index contributed by atoms with van der Waals surface area (Å²) in [5.74, 6) is 1.56. The molecule has 0 aliphatic heterocycles. The highest BCUT2D eigenvalue weighted by molar-refractivity contribution is 6.06. The molecule has 0 bridgehead atoms. The second kappa shape index (κ2) is 10.6. The van der Waals surface area contributed by atoms with Crippen molar-refractivity contribution in [3.63, 3.8) is 0 Å². The molecule has 3 aromatic carbocycles. The number of fused-ring (bicyclic) bond motifs is 1. The van der Waals surface area contributed by atoms with Crippen LogP contribution in [0.25, 0.3) is 27.7 Å². The Morgan fingerprint density at radius 2 is 1.59 bits per heavy atom. The molecule has 37 heavy (non-hydrogen) atoms. The molecule has 4 aromatic rings. The lowest BCUT2D eigenvalue weighted by Gasteiger charge is -2.14. The molecule has 0 spiro atoms. The molecule has 1 N–H and O–H groups in total. The van der Waals surface area contributed by atoms with Crippen molar-refractivity contribution in [2.75, 3.05) is 26.6 Å². The van der Waals surface area contributed by atoms with Crippen LogP contribution in [0.5, 0.6) is 17.2 Å². The highest BCUT2D eigenvalue weighted by atomic mass is 16.5. The van der Waals surface area contributed by atoms with Crippen LogP contribution in [0.3, 0.4) is 0 Å². The summed E-state index contributed by atoms with van der Waals surface area (Å²) in [4.78, 5) is 24.3. The third-order valence-corrected chi connectivity index (χ3v) is 6.27. The average Bonchev–Trinajstić information content (AvgIpc) is 3.32. The Balaban J connectivity index is 1.73. The second-order valence-electron chi connectivity index (χ2n) is 8.63. The number of Topliss-reactive ketones (excluding diaryl/α,β-unsaturated/α-hetero) is 1. The first-order valence-corrected chi connectivity index (χ1v) is 11.7. The number of aryl methyl sites for hydroxylation is 1. The molecule has 0 aliphatic carbocycles. The van der Waals surface area contributed by atoms with E-state index in [1.807, 2.05) is 38.1 Å². The molecule has 7 nitrogen and oxygen atoms in total. The third kappa shape index (κ3) is 5.07. The number of carbonyl (C=O) groups is 2. The fourth-order valence-electron chi connectivity index (χ4n) is 4.34. The zero-order valence-corrected chi connectivity index (χ0v) is 21.7. The summed E-state index contributed by atoms with van der Waals surface area (Å²) in [5, 5.41) is 3.72. The molecule has 0 fully saturated rings. The molecule has 1 aromatic heterocycles. The van der Waals surface area contributed by atoms with E-state index in [1.54, 1.807) is 51.9 Å². The van der Waals surface area contributed by atoms with Crippen molar-refractivity contribution in [3.8, 4) is 28.4 Å². The maximum atomic E-state index is 12.8. The Morgan fingerprint density at radius 1 is 0.892 bits per heavy atom. The highest BCUT2D eigenvalue weighted by Crippen LogP contribution is 2.42. The molecule has 1 amide bonds. The van der Waals surface area contributed by atoms with Crippen molar-refractivity contribution in [2.24, 2.45) is 0 Å². The minimum absolute atomic E-state index is 0.0295. The van der Waals surface area contributed by atoms with Gasteiger partial charge in [-0.2, -0.15) is 0 Å². The van der Waals surface area contributed by atoms with E-state index in [9.17, 15) is 9.59 Å². The molecule has 4 rings (SSSR count). The van der Waals surface area contributed by atoms with Gasteiger partial charge in [-0.3, -0.25) is 9.59 Å². The molecule has 7 heteroatoms. The van der Waals surface area contributed by atoms with Crippen molar-refractivity contribution in [3.05, 3.63) is 77.6 Å². The van der Waals surface area contributed by atoms with Gasteiger partial charge in [-0.25, -0.2) is 0 Å². The van der Waals surface area contributed by atoms with Crippen LogP contribution in [-0.2, 0) is 4.79 Å². The lowest BCUT2D eigenvalue weighted by molar-refractivity contribution is -0.111. The van der Waals surface area contributed by atoms with Crippen LogP contribution in [0.1, 0.15) is 35.3 Å². The molecule has 0 aliphatic rings. The highest BCUT2D eigenvalue weighted by Gasteiger charge is 2.19. The first-order chi connectivity index (χ1) is 17.8. The van der Waals surface area contributed by atoms with Crippen molar-refractivity contribution < 1.29 is 28.2 Å². The lowest BCUT2D eigenvalue weighted by atomic mass is 9.96. The fourth-order valence-corrected chi connectivity index (χ4v) is 4.34. The number of amides is 1. The Hall–Kier alpha value is -4.52. The first kappa shape index (κ1) is 25.6. The summed E-state index contributed by atoms with van der Waals surface area (Å²) >= 11 is 0. The summed E-state index contributed by atoms with van der Waals surface area (Å²) in [7, 11) is 4.79. The molecule has 190 valence electrons. The van der Waals surface area contributed by atoms with E-state index in [1.165, 1.54) is 13.0 Å². The maximum absolute atomic E-state index is 12.8. The van der Waals surface area contributed by atoms with E-state index in [-0.39, 0.29) is 11.7 Å². The topological polar surface area (TPSA) is 87.0 Å². The van der Waals surface area contributed by atoms with Gasteiger partial charge in [0.2, 0.25) is 5.91 Å². The van der Waals surface area contributed by atoms with Gasteiger partial charge in [0.15, 0.2) is 17.3 Å². The van der Waals surface area contributed by atoms with Crippen molar-refractivity contribution in [1.29, 1.82) is 0 Å². The van der Waals surface area contributed by atoms with E-state index in [0.29, 0.717) is 34.1 Å². The molecule has 0 atom stereocenters. The van der Waals surface area contributed by atoms with E-state index < -0.39 is 0 Å². The van der Waals surface area contributed by atoms with Gasteiger partial charge in [-0.05, 0) is 74.4 Å². The van der Waals surface area contributed by atoms with Gasteiger partial charge in [0.1, 0.15) is 11.3 Å². The molecular formula is C30H29NO6. The minimum Gasteiger partial charge on any atom is -0.496 e. The first-order valence-electron chi connectivity index (χ1n) is 11.7. The number of hydrogen-bond acceptors (Lipinski definition) is 6. The molecule has 0 saturated heterocycles. The van der Waals surface area contributed by atoms with Crippen LogP contribution >= 0.6 is 0 Å². The van der Waals surface area contributed by atoms with Crippen molar-refractivity contribution in [2.45, 2.75) is 20.8 Å². The van der Waals surface area contributed by atoms with Crippen molar-refractivity contribution >= 4 is 33.9 Å². The number of anilines is 1. The van der Waals surface area contributed by atoms with Crippen LogP contribution < -0.4 is 19.5 Å². The van der Waals surface area contributed by atoms with Gasteiger partial charge in [-0.15, -0.1) is 0 Å². The Bertz CT molecular complexity index is 1510. The zero-order valence-electron chi connectivity index (χ0n) is 21.7. The molecule has 0 saturated carbocycles. The van der Waals surface area contributed by atoms with Crippen LogP contribution in [0.15, 0.2) is 65.3 Å². The summed E-state index contributed by atoms with van der Waals surface area (Å²) < 4.78 is 22.5. The summed E-state index contributed by atoms with van der Waals surface area (Å²) in [6, 6.07) is 14.4. The minimum atomic E-state index is -0.291. The molecule has 0 radical (unpaired) electrons. The van der Waals surface area contributed by atoms with Gasteiger partial charge < -0.3 is 23.9 Å². The number of ether oxygens (including phenoxy) is 3. The maximum Gasteiger partial charge on any atom is 0.248 e. The predicted molar refractivity (Wildman–Crippen MR) is 145 cm³/mol. The standard InChI is InChI=1S/C30H29NO6/c1-17(13-28(33)31-22-10-7-20(8-11-22)19(3)32)23-15-24-25(16-37-30(24)18(2)29(23)36-6)21-9-12-26(34-4)27(14-21)35-5/h7-16H,1-6H3,(H,31,33)/b17-13+. The molecule has 0 unspecified atom stereocenters. The van der Waals surface area contributed by atoms with Crippen molar-refractivity contribution in [1.82, 2.24) is 0 Å². The number of carbonyl (C=O) groups excluding carboxylic acids is 2. The monoisotopic (exact) mass is 499 g/mol. The van der Waals surface area contributed by atoms with Crippen LogP contribution in [0.4, 0.5) is 5.69 Å². The SMILES string of the molecule is COc1ccc(-c2coc3c(C)c(OC)c(/C(C)=C/C(=O)Nc4ccc(C(C)=O)cc4)cc23)cc1OC. The molecular weight excluding hydrogens is 470 g/mol. The summed E-state index contributed by atoms with van der Waals surface area (Å²) in [6.07, 6.45) is 3.23. The fraction of sp³-hybridized carbons (Fsp3) is 0.200. The van der Waals surface area contributed by atoms with E-state index in [4.69, 9.17) is 18.6 Å². The van der Waals surface area contributed by atoms with Gasteiger partial charge in [-0.1, -0.05) is 6.07 Å². The number of rotatable bonds is 8. The average molecular weight is 500 g/mol. The number of furan rings is 1. The van der Waals surface area contributed by atoms with Gasteiger partial charge in [0, 0.05) is 39.4 Å². The Morgan fingerprint density at radius 3 is 2.22 bits per heavy atom. The third-order valence-electron chi connectivity index (χ3n) is 6.27. The largest absolute Gasteiger partial charge is 0.496 e. The van der Waals surface area contributed by atoms with E-state index in [2.05, 4.69) is 5.32 Å². The second-order valence-corrected chi connectivity index (χ2v) is 8.63. The Labute approximate surface area is 215 Å². The van der Waals surface area contributed by atoms with Crippen LogP contribution in [0.2, 0.25) is 0 Å². The lowest BCUT2D eigenvalue weighted by Crippen LogP contribution is -2.09. The van der Waals surface area contributed by atoms with Gasteiger partial charge in [0.25, 0.3) is 0 Å². The van der Waals surface area contributed by atoms with E-state index >= 15 is 0 Å².